The number of H-pyrrole nitrogens is 1. The number of nitrogens with one attached hydrogen (secondary N) is 3. The summed E-state index contributed by atoms with van der Waals surface area (Å²) in [5, 5.41) is 6.35. The Morgan fingerprint density at radius 2 is 2.04 bits per heavy atom. The summed E-state index contributed by atoms with van der Waals surface area (Å²) in [7, 11) is 0. The van der Waals surface area contributed by atoms with Crippen LogP contribution in [-0.4, -0.2) is 41.0 Å². The van der Waals surface area contributed by atoms with Crippen molar-refractivity contribution in [1.29, 1.82) is 0 Å². The van der Waals surface area contributed by atoms with Gasteiger partial charge in [-0.3, -0.25) is 4.79 Å². The molecule has 2 aliphatic rings. The number of aromatic nitrogens is 2. The Labute approximate surface area is 164 Å². The molecule has 150 valence electrons. The molecular weight excluding hydrogens is 356 g/mol. The highest BCUT2D eigenvalue weighted by molar-refractivity contribution is 5.97. The second kappa shape index (κ2) is 8.31. The number of nitrogens with zero attached hydrogens (tertiary/aromatic N) is 1. The largest absolute Gasteiger partial charge is 0.461 e. The molecule has 2 atom stereocenters. The molecule has 0 bridgehead atoms. The predicted octanol–water partition coefficient (Wildman–Crippen LogP) is 3.24. The molecule has 1 aliphatic carbocycles. The lowest BCUT2D eigenvalue weighted by atomic mass is 9.76. The second-order valence-corrected chi connectivity index (χ2v) is 7.80. The van der Waals surface area contributed by atoms with Crippen molar-refractivity contribution in [3.05, 3.63) is 23.9 Å². The van der Waals surface area contributed by atoms with Crippen LogP contribution in [0.25, 0.3) is 11.0 Å². The molecule has 1 saturated heterocycles. The quantitative estimate of drug-likeness (QED) is 0.688. The molecule has 7 nitrogen and oxygen atoms in total. The zero-order chi connectivity index (χ0) is 19.5. The molecule has 1 saturated carbocycles. The zero-order valence-electron chi connectivity index (χ0n) is 16.3. The van der Waals surface area contributed by atoms with Gasteiger partial charge < -0.3 is 20.4 Å². The minimum absolute atomic E-state index is 0.0129. The minimum Gasteiger partial charge on any atom is -0.461 e. The highest BCUT2D eigenvalue weighted by atomic mass is 16.5. The third kappa shape index (κ3) is 3.90. The van der Waals surface area contributed by atoms with Crippen LogP contribution in [0, 0.1) is 11.8 Å². The fourth-order valence-electron chi connectivity index (χ4n) is 4.68. The van der Waals surface area contributed by atoms with Crippen LogP contribution in [0.2, 0.25) is 0 Å². The summed E-state index contributed by atoms with van der Waals surface area (Å²) < 4.78 is 5.01. The van der Waals surface area contributed by atoms with Crippen LogP contribution in [0.1, 0.15) is 55.9 Å². The molecule has 3 heterocycles. The summed E-state index contributed by atoms with van der Waals surface area (Å²) in [5.41, 5.74) is 1.73. The summed E-state index contributed by atoms with van der Waals surface area (Å²) in [5.74, 6) is 1.14. The van der Waals surface area contributed by atoms with Crippen LogP contribution in [0.15, 0.2) is 18.2 Å². The molecule has 0 aromatic carbocycles. The lowest BCUT2D eigenvalue weighted by Gasteiger charge is -2.30. The van der Waals surface area contributed by atoms with E-state index in [9.17, 15) is 9.59 Å². The Morgan fingerprint density at radius 3 is 2.82 bits per heavy atom. The third-order valence-electron chi connectivity index (χ3n) is 6.03. The first-order chi connectivity index (χ1) is 13.7. The van der Waals surface area contributed by atoms with Crippen LogP contribution in [-0.2, 0) is 9.53 Å². The third-order valence-corrected chi connectivity index (χ3v) is 6.03. The lowest BCUT2D eigenvalue weighted by Crippen LogP contribution is -2.42. The number of esters is 1. The average Bonchev–Trinajstić information content (AvgIpc) is 3.36. The van der Waals surface area contributed by atoms with Gasteiger partial charge in [-0.15, -0.1) is 0 Å². The fraction of sp³-hybridized carbons (Fsp3) is 0.571. The molecule has 0 radical (unpaired) electrons. The maximum atomic E-state index is 12.9. The SMILES string of the molecule is CCOC(=O)c1cc2nc(NC(=O)C3NCCC3C3CCCCC3)ccc2[nH]1. The van der Waals surface area contributed by atoms with Gasteiger partial charge in [-0.25, -0.2) is 9.78 Å². The van der Waals surface area contributed by atoms with E-state index in [-0.39, 0.29) is 11.9 Å². The van der Waals surface area contributed by atoms with Gasteiger partial charge in [0.25, 0.3) is 0 Å². The van der Waals surface area contributed by atoms with Crippen LogP contribution in [0.4, 0.5) is 5.82 Å². The molecule has 1 amide bonds. The molecule has 1 aliphatic heterocycles. The van der Waals surface area contributed by atoms with Gasteiger partial charge in [-0.05, 0) is 49.9 Å². The van der Waals surface area contributed by atoms with Crippen LogP contribution in [0.5, 0.6) is 0 Å². The number of aromatic amines is 1. The van der Waals surface area contributed by atoms with Crippen LogP contribution < -0.4 is 10.6 Å². The van der Waals surface area contributed by atoms with Crippen molar-refractivity contribution in [2.45, 2.75) is 51.5 Å². The summed E-state index contributed by atoms with van der Waals surface area (Å²) >= 11 is 0. The maximum absolute atomic E-state index is 12.9. The van der Waals surface area contributed by atoms with E-state index in [1.807, 2.05) is 6.07 Å². The van der Waals surface area contributed by atoms with E-state index in [0.29, 0.717) is 35.5 Å². The van der Waals surface area contributed by atoms with E-state index in [2.05, 4.69) is 20.6 Å². The van der Waals surface area contributed by atoms with Crippen molar-refractivity contribution in [1.82, 2.24) is 15.3 Å². The van der Waals surface area contributed by atoms with Crippen LogP contribution >= 0.6 is 0 Å². The number of hydrogen-bond donors (Lipinski definition) is 3. The summed E-state index contributed by atoms with van der Waals surface area (Å²) in [4.78, 5) is 32.3. The summed E-state index contributed by atoms with van der Waals surface area (Å²) in [6.07, 6.45) is 7.42. The van der Waals surface area contributed by atoms with E-state index < -0.39 is 5.97 Å². The van der Waals surface area contributed by atoms with E-state index in [1.54, 1.807) is 19.1 Å². The fourth-order valence-corrected chi connectivity index (χ4v) is 4.68. The van der Waals surface area contributed by atoms with Gasteiger partial charge in [-0.1, -0.05) is 32.1 Å². The van der Waals surface area contributed by atoms with Crippen molar-refractivity contribution < 1.29 is 14.3 Å². The Morgan fingerprint density at radius 1 is 1.21 bits per heavy atom. The Balaban J connectivity index is 1.46. The highest BCUT2D eigenvalue weighted by Crippen LogP contribution is 2.36. The zero-order valence-corrected chi connectivity index (χ0v) is 16.3. The molecule has 2 aromatic heterocycles. The monoisotopic (exact) mass is 384 g/mol. The van der Waals surface area contributed by atoms with Crippen molar-refractivity contribution >= 4 is 28.7 Å². The molecule has 2 aromatic rings. The van der Waals surface area contributed by atoms with Crippen LogP contribution in [0.3, 0.4) is 0 Å². The first kappa shape index (κ1) is 18.9. The second-order valence-electron chi connectivity index (χ2n) is 7.80. The standard InChI is InChI=1S/C21H28N4O3/c1-2-28-21(27)17-12-16-15(23-17)8-9-18(24-16)25-20(26)19-14(10-11-22-19)13-6-4-3-5-7-13/h8-9,12-14,19,22-23H,2-7,10-11H2,1H3,(H,24,25,26). The average molecular weight is 384 g/mol. The first-order valence-electron chi connectivity index (χ1n) is 10.4. The van der Waals surface area contributed by atoms with Crippen molar-refractivity contribution in [3.63, 3.8) is 0 Å². The predicted molar refractivity (Wildman–Crippen MR) is 107 cm³/mol. The van der Waals surface area contributed by atoms with Crippen molar-refractivity contribution in [3.8, 4) is 0 Å². The van der Waals surface area contributed by atoms with E-state index in [1.165, 1.54) is 32.1 Å². The van der Waals surface area contributed by atoms with E-state index in [0.717, 1.165) is 18.5 Å². The number of amides is 1. The molecule has 0 spiro atoms. The number of carbonyl (C=O) groups is 2. The normalized spacial score (nSPS) is 23.0. The van der Waals surface area contributed by atoms with Gasteiger partial charge in [0.1, 0.15) is 11.5 Å². The number of rotatable bonds is 5. The summed E-state index contributed by atoms with van der Waals surface area (Å²) in [6, 6.07) is 5.08. The van der Waals surface area contributed by atoms with E-state index in [4.69, 9.17) is 4.74 Å². The van der Waals surface area contributed by atoms with Gasteiger partial charge >= 0.3 is 5.97 Å². The smallest absolute Gasteiger partial charge is 0.354 e. The minimum atomic E-state index is -0.406. The first-order valence-corrected chi connectivity index (χ1v) is 10.4. The molecule has 2 unspecified atom stereocenters. The van der Waals surface area contributed by atoms with Gasteiger partial charge in [0.15, 0.2) is 0 Å². The Bertz CT molecular complexity index is 856. The molecular formula is C21H28N4O3. The number of carbonyl (C=O) groups excluding carboxylic acids is 2. The van der Waals surface area contributed by atoms with Crippen molar-refractivity contribution in [2.75, 3.05) is 18.5 Å². The Hall–Kier alpha value is -2.41. The molecule has 2 fully saturated rings. The lowest BCUT2D eigenvalue weighted by molar-refractivity contribution is -0.119. The molecule has 4 rings (SSSR count). The number of ether oxygens (including phenoxy) is 1. The van der Waals surface area contributed by atoms with Gasteiger partial charge in [0, 0.05) is 0 Å². The Kier molecular flexibility index (Phi) is 5.62. The molecule has 3 N–H and O–H groups in total. The van der Waals surface area contributed by atoms with Gasteiger partial charge in [0.05, 0.1) is 23.7 Å². The number of anilines is 1. The molecule has 7 heteroatoms. The summed E-state index contributed by atoms with van der Waals surface area (Å²) in [6.45, 7) is 2.98. The maximum Gasteiger partial charge on any atom is 0.354 e. The molecule has 28 heavy (non-hydrogen) atoms. The number of fused-ring (bicyclic) bond motifs is 1. The van der Waals surface area contributed by atoms with Gasteiger partial charge in [0.2, 0.25) is 5.91 Å². The number of hydrogen-bond acceptors (Lipinski definition) is 5. The van der Waals surface area contributed by atoms with Gasteiger partial charge in [-0.2, -0.15) is 0 Å². The van der Waals surface area contributed by atoms with Crippen molar-refractivity contribution in [2.24, 2.45) is 11.8 Å². The highest BCUT2D eigenvalue weighted by Gasteiger charge is 2.38. The topological polar surface area (TPSA) is 96.1 Å². The number of pyridine rings is 1. The van der Waals surface area contributed by atoms with E-state index >= 15 is 0 Å².